The number of aliphatic carboxylic acids is 1. The van der Waals surface area contributed by atoms with Crippen LogP contribution in [0.2, 0.25) is 0 Å². The Hall–Kier alpha value is -1.42. The van der Waals surface area contributed by atoms with Gasteiger partial charge < -0.3 is 10.1 Å². The van der Waals surface area contributed by atoms with Crippen LogP contribution in [0.1, 0.15) is 16.7 Å². The number of rotatable bonds is 4. The van der Waals surface area contributed by atoms with Crippen LogP contribution >= 0.6 is 11.8 Å². The quantitative estimate of drug-likeness (QED) is 0.875. The number of fused-ring (bicyclic) bond motifs is 1. The fourth-order valence-electron chi connectivity index (χ4n) is 1.81. The molecule has 17 heavy (non-hydrogen) atoms. The molecule has 0 saturated carbocycles. The van der Waals surface area contributed by atoms with Crippen molar-refractivity contribution in [3.63, 3.8) is 0 Å². The summed E-state index contributed by atoms with van der Waals surface area (Å²) in [6, 6.07) is 4.30. The number of carboxylic acid groups (broad SMARTS) is 1. The van der Waals surface area contributed by atoms with Crippen LogP contribution in [0, 0.1) is 13.8 Å². The van der Waals surface area contributed by atoms with Gasteiger partial charge in [-0.05, 0) is 42.7 Å². The number of aromatic amines is 1. The molecule has 3 nitrogen and oxygen atoms in total. The molecule has 0 unspecified atom stereocenters. The average Bonchev–Trinajstić information content (AvgIpc) is 2.62. The number of aromatic nitrogens is 1. The molecule has 0 atom stereocenters. The van der Waals surface area contributed by atoms with E-state index in [-0.39, 0.29) is 5.75 Å². The van der Waals surface area contributed by atoms with Gasteiger partial charge in [-0.2, -0.15) is 0 Å². The molecule has 0 saturated heterocycles. The van der Waals surface area contributed by atoms with Gasteiger partial charge in [0, 0.05) is 22.9 Å². The summed E-state index contributed by atoms with van der Waals surface area (Å²) in [7, 11) is 0. The van der Waals surface area contributed by atoms with Crippen molar-refractivity contribution in [2.45, 2.75) is 19.6 Å². The van der Waals surface area contributed by atoms with Crippen LogP contribution in [-0.2, 0) is 10.5 Å². The van der Waals surface area contributed by atoms with Gasteiger partial charge >= 0.3 is 5.97 Å². The van der Waals surface area contributed by atoms with Crippen molar-refractivity contribution in [2.75, 3.05) is 5.75 Å². The number of aryl methyl sites for hydroxylation is 2. The molecule has 0 spiro atoms. The van der Waals surface area contributed by atoms with Gasteiger partial charge in [0.25, 0.3) is 0 Å². The van der Waals surface area contributed by atoms with Crippen LogP contribution < -0.4 is 0 Å². The van der Waals surface area contributed by atoms with Crippen molar-refractivity contribution in [3.8, 4) is 0 Å². The van der Waals surface area contributed by atoms with E-state index in [1.807, 2.05) is 6.20 Å². The van der Waals surface area contributed by atoms with Crippen LogP contribution in [0.4, 0.5) is 0 Å². The standard InChI is InChI=1S/C13H15NO2S/c1-8-3-11-10(6-17-7-13(15)16)5-14-12(11)4-9(8)2/h3-5,14H,6-7H2,1-2H3,(H,15,16). The first-order valence-electron chi connectivity index (χ1n) is 5.44. The maximum absolute atomic E-state index is 10.5. The van der Waals surface area contributed by atoms with Crippen LogP contribution in [0.25, 0.3) is 10.9 Å². The lowest BCUT2D eigenvalue weighted by Crippen LogP contribution is -1.97. The first-order chi connectivity index (χ1) is 8.08. The number of H-pyrrole nitrogens is 1. The Balaban J connectivity index is 2.23. The molecular weight excluding hydrogens is 234 g/mol. The molecule has 2 rings (SSSR count). The predicted octanol–water partition coefficient (Wildman–Crippen LogP) is 3.10. The zero-order chi connectivity index (χ0) is 12.4. The summed E-state index contributed by atoms with van der Waals surface area (Å²) in [4.78, 5) is 13.7. The van der Waals surface area contributed by atoms with Gasteiger partial charge in [-0.3, -0.25) is 4.79 Å². The lowest BCUT2D eigenvalue weighted by molar-refractivity contribution is -0.133. The Morgan fingerprint density at radius 2 is 2.06 bits per heavy atom. The highest BCUT2D eigenvalue weighted by Crippen LogP contribution is 2.25. The van der Waals surface area contributed by atoms with Gasteiger partial charge in [-0.15, -0.1) is 11.8 Å². The monoisotopic (exact) mass is 249 g/mol. The van der Waals surface area contributed by atoms with E-state index in [1.165, 1.54) is 33.8 Å². The second kappa shape index (κ2) is 4.84. The van der Waals surface area contributed by atoms with Crippen molar-refractivity contribution >= 4 is 28.6 Å². The Bertz CT molecular complexity index is 560. The zero-order valence-electron chi connectivity index (χ0n) is 9.91. The molecule has 0 amide bonds. The van der Waals surface area contributed by atoms with E-state index in [0.29, 0.717) is 0 Å². The number of carboxylic acids is 1. The Morgan fingerprint density at radius 3 is 2.76 bits per heavy atom. The summed E-state index contributed by atoms with van der Waals surface area (Å²) in [6.45, 7) is 4.18. The van der Waals surface area contributed by atoms with Crippen molar-refractivity contribution in [2.24, 2.45) is 0 Å². The van der Waals surface area contributed by atoms with Crippen molar-refractivity contribution in [1.29, 1.82) is 0 Å². The van der Waals surface area contributed by atoms with Gasteiger partial charge in [0.15, 0.2) is 0 Å². The van der Waals surface area contributed by atoms with E-state index in [2.05, 4.69) is 31.0 Å². The van der Waals surface area contributed by atoms with Gasteiger partial charge in [-0.25, -0.2) is 0 Å². The summed E-state index contributed by atoms with van der Waals surface area (Å²) in [6.07, 6.45) is 1.97. The number of benzene rings is 1. The van der Waals surface area contributed by atoms with E-state index in [4.69, 9.17) is 5.11 Å². The normalized spacial score (nSPS) is 10.9. The molecule has 2 N–H and O–H groups in total. The number of carbonyl (C=O) groups is 1. The van der Waals surface area contributed by atoms with Crippen LogP contribution in [0.5, 0.6) is 0 Å². The van der Waals surface area contributed by atoms with Crippen molar-refractivity contribution in [1.82, 2.24) is 4.98 Å². The van der Waals surface area contributed by atoms with Crippen LogP contribution in [-0.4, -0.2) is 21.8 Å². The van der Waals surface area contributed by atoms with E-state index in [1.54, 1.807) is 0 Å². The second-order valence-electron chi connectivity index (χ2n) is 4.18. The maximum atomic E-state index is 10.5. The third-order valence-corrected chi connectivity index (χ3v) is 3.83. The highest BCUT2D eigenvalue weighted by atomic mass is 32.2. The molecule has 1 aromatic carbocycles. The maximum Gasteiger partial charge on any atom is 0.313 e. The smallest absolute Gasteiger partial charge is 0.313 e. The molecule has 0 aliphatic heterocycles. The van der Waals surface area contributed by atoms with E-state index < -0.39 is 5.97 Å². The third-order valence-electron chi connectivity index (χ3n) is 2.86. The fourth-order valence-corrected chi connectivity index (χ4v) is 2.55. The van der Waals surface area contributed by atoms with E-state index in [0.717, 1.165) is 11.3 Å². The highest BCUT2D eigenvalue weighted by molar-refractivity contribution is 7.99. The number of hydrogen-bond donors (Lipinski definition) is 2. The minimum Gasteiger partial charge on any atom is -0.481 e. The first kappa shape index (κ1) is 12.0. The zero-order valence-corrected chi connectivity index (χ0v) is 10.7. The molecular formula is C13H15NO2S. The van der Waals surface area contributed by atoms with Crippen LogP contribution in [0.3, 0.4) is 0 Å². The molecule has 2 aromatic rings. The summed E-state index contributed by atoms with van der Waals surface area (Å²) < 4.78 is 0. The Labute approximate surface area is 104 Å². The van der Waals surface area contributed by atoms with Crippen molar-refractivity contribution in [3.05, 3.63) is 35.0 Å². The highest BCUT2D eigenvalue weighted by Gasteiger charge is 2.06. The molecule has 0 aliphatic carbocycles. The van der Waals surface area contributed by atoms with Crippen LogP contribution in [0.15, 0.2) is 18.3 Å². The molecule has 90 valence electrons. The van der Waals surface area contributed by atoms with Gasteiger partial charge in [0.05, 0.1) is 5.75 Å². The Morgan fingerprint density at radius 1 is 1.35 bits per heavy atom. The second-order valence-corrected chi connectivity index (χ2v) is 5.17. The topological polar surface area (TPSA) is 53.1 Å². The molecule has 0 bridgehead atoms. The summed E-state index contributed by atoms with van der Waals surface area (Å²) >= 11 is 1.42. The largest absolute Gasteiger partial charge is 0.481 e. The number of nitrogens with one attached hydrogen (secondary N) is 1. The molecule has 0 fully saturated rings. The lowest BCUT2D eigenvalue weighted by Gasteiger charge is -2.02. The predicted molar refractivity (Wildman–Crippen MR) is 71.6 cm³/mol. The minimum absolute atomic E-state index is 0.150. The van der Waals surface area contributed by atoms with Gasteiger partial charge in [0.1, 0.15) is 0 Å². The summed E-state index contributed by atoms with van der Waals surface area (Å²) in [5.41, 5.74) is 4.83. The third kappa shape index (κ3) is 2.64. The van der Waals surface area contributed by atoms with Gasteiger partial charge in [-0.1, -0.05) is 0 Å². The lowest BCUT2D eigenvalue weighted by atomic mass is 10.1. The molecule has 4 heteroatoms. The summed E-state index contributed by atoms with van der Waals surface area (Å²) in [5.74, 6) is 0.119. The van der Waals surface area contributed by atoms with Crippen molar-refractivity contribution < 1.29 is 9.90 Å². The number of hydrogen-bond acceptors (Lipinski definition) is 2. The van der Waals surface area contributed by atoms with E-state index in [9.17, 15) is 4.79 Å². The minimum atomic E-state index is -0.762. The number of thioether (sulfide) groups is 1. The molecule has 1 heterocycles. The summed E-state index contributed by atoms with van der Waals surface area (Å²) in [5, 5.41) is 9.81. The SMILES string of the molecule is Cc1cc2[nH]cc(CSCC(=O)O)c2cc1C. The average molecular weight is 249 g/mol. The molecule has 1 aromatic heterocycles. The van der Waals surface area contributed by atoms with E-state index >= 15 is 0 Å². The van der Waals surface area contributed by atoms with Gasteiger partial charge in [0.2, 0.25) is 0 Å². The molecule has 0 radical (unpaired) electrons. The fraction of sp³-hybridized carbons (Fsp3) is 0.308. The first-order valence-corrected chi connectivity index (χ1v) is 6.60. The molecule has 0 aliphatic rings. The Kier molecular flexibility index (Phi) is 3.43.